The van der Waals surface area contributed by atoms with Gasteiger partial charge in [0.15, 0.2) is 0 Å². The third-order valence-corrected chi connectivity index (χ3v) is 5.67. The van der Waals surface area contributed by atoms with Crippen LogP contribution in [0, 0.1) is 13.8 Å². The molecule has 5 nitrogen and oxygen atoms in total. The standard InChI is InChI=1S/C27H29N3O2/c1-19-16-22(18-27(32-4)20(19)2)13-12-21-14-15-26(31-3)24(17-21)10-7-9-23-8-5-6-11-25(23)29-30-28/h5-6,8,11-18H,7,9-10H2,1-4H3/b13-12+. The summed E-state index contributed by atoms with van der Waals surface area (Å²) in [5.74, 6) is 1.79. The van der Waals surface area contributed by atoms with Gasteiger partial charge in [0.2, 0.25) is 0 Å². The molecule has 5 heteroatoms. The molecule has 0 aliphatic heterocycles. The highest BCUT2D eigenvalue weighted by molar-refractivity contribution is 5.72. The summed E-state index contributed by atoms with van der Waals surface area (Å²) >= 11 is 0. The van der Waals surface area contributed by atoms with Gasteiger partial charge in [-0.1, -0.05) is 53.7 Å². The van der Waals surface area contributed by atoms with Gasteiger partial charge in [0.05, 0.1) is 14.2 Å². The fourth-order valence-corrected chi connectivity index (χ4v) is 3.79. The van der Waals surface area contributed by atoms with Crippen molar-refractivity contribution < 1.29 is 9.47 Å². The summed E-state index contributed by atoms with van der Waals surface area (Å²) in [6.07, 6.45) is 6.85. The van der Waals surface area contributed by atoms with E-state index >= 15 is 0 Å². The van der Waals surface area contributed by atoms with Crippen molar-refractivity contribution in [2.45, 2.75) is 33.1 Å². The number of azide groups is 1. The Morgan fingerprint density at radius 1 is 0.844 bits per heavy atom. The van der Waals surface area contributed by atoms with Gasteiger partial charge in [-0.25, -0.2) is 0 Å². The summed E-state index contributed by atoms with van der Waals surface area (Å²) in [5.41, 5.74) is 16.3. The lowest BCUT2D eigenvalue weighted by Gasteiger charge is -2.11. The van der Waals surface area contributed by atoms with Crippen LogP contribution in [0.5, 0.6) is 11.5 Å². The average Bonchev–Trinajstić information content (AvgIpc) is 2.81. The van der Waals surface area contributed by atoms with Gasteiger partial charge >= 0.3 is 0 Å². The minimum absolute atomic E-state index is 0.697. The molecule has 3 rings (SSSR count). The number of hydrogen-bond acceptors (Lipinski definition) is 3. The van der Waals surface area contributed by atoms with Crippen LogP contribution in [-0.2, 0) is 12.8 Å². The van der Waals surface area contributed by atoms with Crippen molar-refractivity contribution >= 4 is 17.8 Å². The second-order valence-corrected chi connectivity index (χ2v) is 7.74. The predicted molar refractivity (Wildman–Crippen MR) is 132 cm³/mol. The Labute approximate surface area is 190 Å². The van der Waals surface area contributed by atoms with Crippen LogP contribution >= 0.6 is 0 Å². The zero-order valence-electron chi connectivity index (χ0n) is 19.1. The summed E-state index contributed by atoms with van der Waals surface area (Å²) in [6, 6.07) is 18.2. The van der Waals surface area contributed by atoms with Crippen LogP contribution in [0.4, 0.5) is 5.69 Å². The number of benzene rings is 3. The maximum absolute atomic E-state index is 8.77. The highest BCUT2D eigenvalue weighted by Crippen LogP contribution is 2.27. The molecule has 0 heterocycles. The molecule has 0 atom stereocenters. The van der Waals surface area contributed by atoms with Gasteiger partial charge in [-0.2, -0.15) is 0 Å². The van der Waals surface area contributed by atoms with Crippen LogP contribution in [-0.4, -0.2) is 14.2 Å². The van der Waals surface area contributed by atoms with E-state index in [9.17, 15) is 0 Å². The zero-order chi connectivity index (χ0) is 22.9. The first-order valence-corrected chi connectivity index (χ1v) is 10.7. The number of nitrogens with zero attached hydrogens (tertiary/aromatic N) is 3. The average molecular weight is 428 g/mol. The number of methoxy groups -OCH3 is 2. The Balaban J connectivity index is 1.75. The van der Waals surface area contributed by atoms with Gasteiger partial charge in [0.25, 0.3) is 0 Å². The molecule has 0 spiro atoms. The molecule has 0 fully saturated rings. The molecule has 0 bridgehead atoms. The van der Waals surface area contributed by atoms with E-state index in [2.05, 4.69) is 60.3 Å². The van der Waals surface area contributed by atoms with Crippen molar-refractivity contribution in [3.05, 3.63) is 98.4 Å². The number of rotatable bonds is 9. The lowest BCUT2D eigenvalue weighted by molar-refractivity contribution is 0.409. The summed E-state index contributed by atoms with van der Waals surface area (Å²) in [4.78, 5) is 2.93. The Kier molecular flexibility index (Phi) is 7.96. The van der Waals surface area contributed by atoms with Crippen molar-refractivity contribution in [2.24, 2.45) is 5.11 Å². The molecule has 3 aromatic rings. The first-order valence-electron chi connectivity index (χ1n) is 10.7. The highest BCUT2D eigenvalue weighted by Gasteiger charge is 2.07. The maximum atomic E-state index is 8.77. The van der Waals surface area contributed by atoms with Crippen LogP contribution < -0.4 is 9.47 Å². The third kappa shape index (κ3) is 5.71. The number of ether oxygens (including phenoxy) is 2. The molecule has 0 aliphatic rings. The smallest absolute Gasteiger partial charge is 0.122 e. The van der Waals surface area contributed by atoms with Crippen molar-refractivity contribution in [1.82, 2.24) is 0 Å². The molecule has 0 radical (unpaired) electrons. The van der Waals surface area contributed by atoms with E-state index in [1.54, 1.807) is 14.2 Å². The summed E-state index contributed by atoms with van der Waals surface area (Å²) < 4.78 is 11.1. The molecule has 164 valence electrons. The number of hydrogen-bond donors (Lipinski definition) is 0. The SMILES string of the molecule is COc1ccc(/C=C/c2cc(C)c(C)c(OC)c2)cc1CCCc1ccccc1N=[N+]=[N-]. The van der Waals surface area contributed by atoms with E-state index in [1.165, 1.54) is 11.1 Å². The Bertz CT molecular complexity index is 1160. The quantitative estimate of drug-likeness (QED) is 0.153. The fourth-order valence-electron chi connectivity index (χ4n) is 3.79. The molecule has 3 aromatic carbocycles. The third-order valence-electron chi connectivity index (χ3n) is 5.67. The maximum Gasteiger partial charge on any atom is 0.122 e. The monoisotopic (exact) mass is 427 g/mol. The van der Waals surface area contributed by atoms with Crippen LogP contribution in [0.15, 0.2) is 59.7 Å². The van der Waals surface area contributed by atoms with Crippen LogP contribution in [0.1, 0.15) is 39.8 Å². The largest absolute Gasteiger partial charge is 0.496 e. The van der Waals surface area contributed by atoms with E-state index in [-0.39, 0.29) is 0 Å². The molecular formula is C27H29N3O2. The summed E-state index contributed by atoms with van der Waals surface area (Å²) in [7, 11) is 3.41. The van der Waals surface area contributed by atoms with Gasteiger partial charge in [-0.15, -0.1) is 0 Å². The van der Waals surface area contributed by atoms with E-state index in [0.29, 0.717) is 5.69 Å². The first-order chi connectivity index (χ1) is 15.5. The van der Waals surface area contributed by atoms with Crippen molar-refractivity contribution in [2.75, 3.05) is 14.2 Å². The van der Waals surface area contributed by atoms with Gasteiger partial charge in [0.1, 0.15) is 11.5 Å². The number of aryl methyl sites for hydroxylation is 3. The lowest BCUT2D eigenvalue weighted by atomic mass is 10.00. The first kappa shape index (κ1) is 23.0. The molecule has 0 N–H and O–H groups in total. The van der Waals surface area contributed by atoms with Crippen molar-refractivity contribution in [3.63, 3.8) is 0 Å². The van der Waals surface area contributed by atoms with Crippen LogP contribution in [0.25, 0.3) is 22.6 Å². The van der Waals surface area contributed by atoms with Gasteiger partial charge in [-0.05, 0) is 90.2 Å². The predicted octanol–water partition coefficient (Wildman–Crippen LogP) is 7.61. The molecule has 0 amide bonds. The molecule has 0 saturated carbocycles. The molecule has 32 heavy (non-hydrogen) atoms. The Hall–Kier alpha value is -3.69. The second kappa shape index (κ2) is 11.1. The zero-order valence-corrected chi connectivity index (χ0v) is 19.1. The minimum atomic E-state index is 0.697. The topological polar surface area (TPSA) is 67.2 Å². The van der Waals surface area contributed by atoms with Crippen molar-refractivity contribution in [3.8, 4) is 11.5 Å². The normalized spacial score (nSPS) is 10.8. The van der Waals surface area contributed by atoms with Crippen molar-refractivity contribution in [1.29, 1.82) is 0 Å². The minimum Gasteiger partial charge on any atom is -0.496 e. The molecule has 0 unspecified atom stereocenters. The summed E-state index contributed by atoms with van der Waals surface area (Å²) in [5, 5.41) is 3.79. The molecule has 0 saturated heterocycles. The van der Waals surface area contributed by atoms with Gasteiger partial charge in [0, 0.05) is 10.6 Å². The van der Waals surface area contributed by atoms with E-state index < -0.39 is 0 Å². The molecule has 0 aromatic heterocycles. The Morgan fingerprint density at radius 2 is 1.56 bits per heavy atom. The second-order valence-electron chi connectivity index (χ2n) is 7.74. The van der Waals surface area contributed by atoms with Crippen LogP contribution in [0.2, 0.25) is 0 Å². The van der Waals surface area contributed by atoms with Gasteiger partial charge < -0.3 is 9.47 Å². The fraction of sp³-hybridized carbons (Fsp3) is 0.259. The van der Waals surface area contributed by atoms with E-state index in [1.807, 2.05) is 30.3 Å². The van der Waals surface area contributed by atoms with E-state index in [0.717, 1.165) is 53.0 Å². The molecule has 0 aliphatic carbocycles. The van der Waals surface area contributed by atoms with Crippen LogP contribution in [0.3, 0.4) is 0 Å². The molecular weight excluding hydrogens is 398 g/mol. The van der Waals surface area contributed by atoms with Gasteiger partial charge in [-0.3, -0.25) is 0 Å². The summed E-state index contributed by atoms with van der Waals surface area (Å²) in [6.45, 7) is 4.17. The Morgan fingerprint density at radius 3 is 2.31 bits per heavy atom. The highest BCUT2D eigenvalue weighted by atomic mass is 16.5. The lowest BCUT2D eigenvalue weighted by Crippen LogP contribution is -1.95. The van der Waals surface area contributed by atoms with E-state index in [4.69, 9.17) is 15.0 Å².